The molecule has 2 aromatic heterocycles. The van der Waals surface area contributed by atoms with Gasteiger partial charge in [-0.1, -0.05) is 43.5 Å². The fourth-order valence-electron chi connectivity index (χ4n) is 2.24. The molecule has 2 heterocycles. The third-order valence-corrected chi connectivity index (χ3v) is 4.90. The SMILES string of the molecule is Fc1cc(Br)cc2c(Cl)nc(Cl)nc12.O=c1[nH]c(Cl)nc2c(F)cc(Br)cc12. The summed E-state index contributed by atoms with van der Waals surface area (Å²) in [5.74, 6) is -1.07. The Hall–Kier alpha value is -1.39. The van der Waals surface area contributed by atoms with Crippen molar-refractivity contribution in [2.24, 2.45) is 0 Å². The fourth-order valence-corrected chi connectivity index (χ4v) is 3.70. The molecule has 0 aliphatic rings. The summed E-state index contributed by atoms with van der Waals surface area (Å²) >= 11 is 23.1. The molecule has 2 aromatic carbocycles. The molecular weight excluding hydrogens is 568 g/mol. The Bertz CT molecular complexity index is 1240. The molecule has 0 saturated heterocycles. The van der Waals surface area contributed by atoms with Crippen LogP contribution < -0.4 is 5.56 Å². The van der Waals surface area contributed by atoms with Crippen LogP contribution in [0.3, 0.4) is 0 Å². The Morgan fingerprint density at radius 2 is 1.36 bits per heavy atom. The van der Waals surface area contributed by atoms with Gasteiger partial charge in [-0.15, -0.1) is 0 Å². The van der Waals surface area contributed by atoms with E-state index in [9.17, 15) is 13.6 Å². The summed E-state index contributed by atoms with van der Waals surface area (Å²) in [6.07, 6.45) is 0. The van der Waals surface area contributed by atoms with Gasteiger partial charge in [0.1, 0.15) is 16.2 Å². The first-order chi connectivity index (χ1) is 13.2. The Kier molecular flexibility index (Phi) is 6.51. The quantitative estimate of drug-likeness (QED) is 0.198. The van der Waals surface area contributed by atoms with Gasteiger partial charge in [0, 0.05) is 14.3 Å². The minimum absolute atomic E-state index is 0.0260. The second-order valence-electron chi connectivity index (χ2n) is 5.21. The molecule has 4 rings (SSSR count). The normalized spacial score (nSPS) is 10.8. The van der Waals surface area contributed by atoms with E-state index in [-0.39, 0.29) is 32.1 Å². The van der Waals surface area contributed by atoms with Crippen LogP contribution in [-0.4, -0.2) is 19.9 Å². The van der Waals surface area contributed by atoms with Crippen molar-refractivity contribution >= 4 is 88.5 Å². The number of nitrogens with zero attached hydrogens (tertiary/aromatic N) is 3. The largest absolute Gasteiger partial charge is 0.297 e. The molecule has 0 spiro atoms. The summed E-state index contributed by atoms with van der Waals surface area (Å²) in [5.41, 5.74) is -0.361. The van der Waals surface area contributed by atoms with Crippen LogP contribution in [0.1, 0.15) is 0 Å². The predicted octanol–water partition coefficient (Wildman–Crippen LogP) is 6.32. The molecule has 12 heteroatoms. The van der Waals surface area contributed by atoms with E-state index in [1.165, 1.54) is 18.2 Å². The van der Waals surface area contributed by atoms with Gasteiger partial charge in [-0.2, -0.15) is 0 Å². The van der Waals surface area contributed by atoms with Crippen LogP contribution >= 0.6 is 66.7 Å². The maximum Gasteiger partial charge on any atom is 0.259 e. The highest BCUT2D eigenvalue weighted by Gasteiger charge is 2.10. The van der Waals surface area contributed by atoms with E-state index >= 15 is 0 Å². The summed E-state index contributed by atoms with van der Waals surface area (Å²) in [6, 6.07) is 5.64. The second kappa shape index (κ2) is 8.54. The number of nitrogens with one attached hydrogen (secondary N) is 1. The zero-order valence-corrected chi connectivity index (χ0v) is 18.6. The highest BCUT2D eigenvalue weighted by atomic mass is 79.9. The molecule has 0 fully saturated rings. The number of benzene rings is 2. The van der Waals surface area contributed by atoms with Crippen molar-refractivity contribution in [2.75, 3.05) is 0 Å². The second-order valence-corrected chi connectivity index (χ2v) is 8.09. The van der Waals surface area contributed by atoms with Crippen molar-refractivity contribution in [2.45, 2.75) is 0 Å². The van der Waals surface area contributed by atoms with Crippen LogP contribution in [-0.2, 0) is 0 Å². The van der Waals surface area contributed by atoms with E-state index in [0.717, 1.165) is 0 Å². The van der Waals surface area contributed by atoms with Crippen LogP contribution in [0.4, 0.5) is 8.78 Å². The van der Waals surface area contributed by atoms with Gasteiger partial charge in [-0.3, -0.25) is 9.78 Å². The molecule has 0 amide bonds. The summed E-state index contributed by atoms with van der Waals surface area (Å²) in [6.45, 7) is 0. The zero-order valence-electron chi connectivity index (χ0n) is 13.2. The molecule has 144 valence electrons. The average Bonchev–Trinajstić information content (AvgIpc) is 2.58. The van der Waals surface area contributed by atoms with Gasteiger partial charge < -0.3 is 0 Å². The number of aromatic nitrogens is 4. The number of rotatable bonds is 0. The van der Waals surface area contributed by atoms with Crippen molar-refractivity contribution in [3.63, 3.8) is 0 Å². The maximum absolute atomic E-state index is 13.4. The van der Waals surface area contributed by atoms with E-state index < -0.39 is 17.2 Å². The van der Waals surface area contributed by atoms with E-state index in [2.05, 4.69) is 51.8 Å². The molecule has 1 N–H and O–H groups in total. The van der Waals surface area contributed by atoms with Gasteiger partial charge in [0.25, 0.3) is 5.56 Å². The Morgan fingerprint density at radius 3 is 1.96 bits per heavy atom. The number of halogens is 7. The molecule has 0 radical (unpaired) electrons. The third kappa shape index (κ3) is 4.60. The lowest BCUT2D eigenvalue weighted by Gasteiger charge is -2.01. The zero-order chi connectivity index (χ0) is 20.6. The highest BCUT2D eigenvalue weighted by molar-refractivity contribution is 9.10. The Balaban J connectivity index is 0.000000161. The average molecular weight is 573 g/mol. The van der Waals surface area contributed by atoms with Crippen LogP contribution in [0.2, 0.25) is 15.7 Å². The Morgan fingerprint density at radius 1 is 0.821 bits per heavy atom. The molecule has 0 unspecified atom stereocenters. The van der Waals surface area contributed by atoms with Gasteiger partial charge in [-0.25, -0.2) is 23.7 Å². The standard InChI is InChI=1S/C8H2BrCl2FN2.C8H3BrClFN2O/c9-3-1-4-6(5(12)2-3)13-8(11)14-7(4)10;9-3-1-4-6(5(11)2-3)12-8(10)13-7(4)14/h1-2H;1-2H,(H,12,13,14). The van der Waals surface area contributed by atoms with E-state index in [4.69, 9.17) is 34.8 Å². The van der Waals surface area contributed by atoms with Gasteiger partial charge in [0.05, 0.1) is 5.39 Å². The molecule has 4 aromatic rings. The number of aromatic amines is 1. The fraction of sp³-hybridized carbons (Fsp3) is 0. The number of fused-ring (bicyclic) bond motifs is 2. The van der Waals surface area contributed by atoms with Crippen molar-refractivity contribution in [3.8, 4) is 0 Å². The summed E-state index contributed by atoms with van der Waals surface area (Å²) < 4.78 is 27.7. The molecule has 5 nitrogen and oxygen atoms in total. The number of H-pyrrole nitrogens is 1. The summed E-state index contributed by atoms with van der Waals surface area (Å²) in [5, 5.41) is 0.553. The minimum Gasteiger partial charge on any atom is -0.297 e. The van der Waals surface area contributed by atoms with Crippen LogP contribution in [0.25, 0.3) is 21.8 Å². The van der Waals surface area contributed by atoms with Crippen molar-refractivity contribution in [3.05, 3.63) is 70.9 Å². The first kappa shape index (κ1) is 21.3. The topological polar surface area (TPSA) is 71.5 Å². The summed E-state index contributed by atoms with van der Waals surface area (Å²) in [4.78, 5) is 24.8. The molecule has 0 aliphatic carbocycles. The lowest BCUT2D eigenvalue weighted by molar-refractivity contribution is 0.635. The lowest BCUT2D eigenvalue weighted by atomic mass is 10.2. The van der Waals surface area contributed by atoms with Crippen molar-refractivity contribution in [1.29, 1.82) is 0 Å². The van der Waals surface area contributed by atoms with Crippen LogP contribution in [0.15, 0.2) is 38.0 Å². The minimum atomic E-state index is -0.581. The molecule has 0 saturated carbocycles. The van der Waals surface area contributed by atoms with Gasteiger partial charge in [0.2, 0.25) is 10.6 Å². The molecular formula is C16H5Br2Cl3F2N4O. The lowest BCUT2D eigenvalue weighted by Crippen LogP contribution is -2.08. The molecule has 0 aliphatic heterocycles. The Labute approximate surface area is 187 Å². The highest BCUT2D eigenvalue weighted by Crippen LogP contribution is 2.27. The van der Waals surface area contributed by atoms with Gasteiger partial charge in [0.15, 0.2) is 11.6 Å². The smallest absolute Gasteiger partial charge is 0.259 e. The molecule has 28 heavy (non-hydrogen) atoms. The number of hydrogen-bond donors (Lipinski definition) is 1. The van der Waals surface area contributed by atoms with Gasteiger partial charge in [-0.05, 0) is 47.5 Å². The van der Waals surface area contributed by atoms with E-state index in [1.807, 2.05) is 0 Å². The predicted molar refractivity (Wildman–Crippen MR) is 112 cm³/mol. The van der Waals surface area contributed by atoms with Crippen molar-refractivity contribution in [1.82, 2.24) is 19.9 Å². The first-order valence-corrected chi connectivity index (χ1v) is 9.90. The monoisotopic (exact) mass is 570 g/mol. The summed E-state index contributed by atoms with van der Waals surface area (Å²) in [7, 11) is 0. The van der Waals surface area contributed by atoms with E-state index in [1.54, 1.807) is 6.07 Å². The maximum atomic E-state index is 13.4. The molecule has 0 atom stereocenters. The van der Waals surface area contributed by atoms with E-state index in [0.29, 0.717) is 14.3 Å². The number of hydrogen-bond acceptors (Lipinski definition) is 4. The third-order valence-electron chi connectivity index (χ3n) is 3.34. The van der Waals surface area contributed by atoms with Gasteiger partial charge >= 0.3 is 0 Å². The first-order valence-electron chi connectivity index (χ1n) is 7.18. The van der Waals surface area contributed by atoms with Crippen LogP contribution in [0, 0.1) is 11.6 Å². The van der Waals surface area contributed by atoms with Crippen molar-refractivity contribution < 1.29 is 8.78 Å². The molecule has 0 bridgehead atoms. The van der Waals surface area contributed by atoms with Crippen LogP contribution in [0.5, 0.6) is 0 Å².